The molecule has 4 saturated carbocycles. The summed E-state index contributed by atoms with van der Waals surface area (Å²) < 4.78 is 12.6. The Morgan fingerprint density at radius 2 is 1.81 bits per heavy atom. The van der Waals surface area contributed by atoms with Crippen molar-refractivity contribution in [3.63, 3.8) is 0 Å². The topological polar surface area (TPSA) is 58.9 Å². The number of aliphatic hydroxyl groups excluding tert-OH is 2. The quantitative estimate of drug-likeness (QED) is 0.749. The first-order valence-electron chi connectivity index (χ1n) is 10.9. The molecule has 2 spiro atoms. The van der Waals surface area contributed by atoms with E-state index in [1.807, 2.05) is 0 Å². The molecule has 1 saturated heterocycles. The molecule has 0 aromatic heterocycles. The molecule has 0 amide bonds. The van der Waals surface area contributed by atoms with Gasteiger partial charge in [-0.25, -0.2) is 0 Å². The molecule has 1 heterocycles. The summed E-state index contributed by atoms with van der Waals surface area (Å²) in [6.45, 7) is 8.67. The average Bonchev–Trinajstić information content (AvgIpc) is 3.06. The largest absolute Gasteiger partial charge is 0.396 e. The Kier molecular flexibility index (Phi) is 3.76. The summed E-state index contributed by atoms with van der Waals surface area (Å²) in [4.78, 5) is 0. The fourth-order valence-electron chi connectivity index (χ4n) is 9.03. The second kappa shape index (κ2) is 5.46. The van der Waals surface area contributed by atoms with E-state index in [-0.39, 0.29) is 34.9 Å². The van der Waals surface area contributed by atoms with Crippen LogP contribution >= 0.6 is 0 Å². The summed E-state index contributed by atoms with van der Waals surface area (Å²) in [5.41, 5.74) is 0.298. The van der Waals surface area contributed by atoms with Gasteiger partial charge < -0.3 is 19.7 Å². The predicted molar refractivity (Wildman–Crippen MR) is 98.3 cm³/mol. The van der Waals surface area contributed by atoms with Gasteiger partial charge in [0, 0.05) is 18.4 Å². The monoisotopic (exact) mass is 364 g/mol. The molecule has 0 aromatic rings. The number of rotatable bonds is 1. The predicted octanol–water partition coefficient (Wildman–Crippen LogP) is 3.35. The Morgan fingerprint density at radius 3 is 2.46 bits per heavy atom. The van der Waals surface area contributed by atoms with Crippen LogP contribution in [0.15, 0.2) is 0 Å². The van der Waals surface area contributed by atoms with E-state index >= 15 is 0 Å². The standard InChI is InChI=1S/C22H36O4/c1-14-11-15-5-6-17-19(2,13-23)7-4-8-20(17,3)21(15)12-16(24)18(21)22(14)25-9-10-26-22/h14-18,23-24H,4-13H2,1-3H3/t14?,15-,16?,17-,18-,19+,20-,21+/m0/s1. The highest BCUT2D eigenvalue weighted by atomic mass is 16.7. The lowest BCUT2D eigenvalue weighted by Gasteiger charge is -2.77. The van der Waals surface area contributed by atoms with Gasteiger partial charge in [0.25, 0.3) is 0 Å². The second-order valence-corrected chi connectivity index (χ2v) is 10.8. The first-order chi connectivity index (χ1) is 12.3. The SMILES string of the molecule is CC1C[C@@H]2CC[C@H]3[C@@](C)(CO)CCC[C@]3(C)[C@]23CC(O)[C@@H]3C12OCCO2. The number of hydrogen-bond acceptors (Lipinski definition) is 4. The van der Waals surface area contributed by atoms with Crippen LogP contribution in [0.5, 0.6) is 0 Å². The molecule has 8 atom stereocenters. The summed E-state index contributed by atoms with van der Waals surface area (Å²) in [5, 5.41) is 21.3. The van der Waals surface area contributed by atoms with Crippen LogP contribution in [-0.2, 0) is 9.47 Å². The van der Waals surface area contributed by atoms with Crippen LogP contribution in [0.1, 0.15) is 65.7 Å². The van der Waals surface area contributed by atoms with Crippen LogP contribution < -0.4 is 0 Å². The van der Waals surface area contributed by atoms with Crippen molar-refractivity contribution in [1.82, 2.24) is 0 Å². The lowest BCUT2D eigenvalue weighted by molar-refractivity contribution is -0.389. The minimum absolute atomic E-state index is 0.0193. The summed E-state index contributed by atoms with van der Waals surface area (Å²) >= 11 is 0. The molecule has 2 N–H and O–H groups in total. The molecule has 2 unspecified atom stereocenters. The van der Waals surface area contributed by atoms with Gasteiger partial charge in [-0.1, -0.05) is 27.2 Å². The summed E-state index contributed by atoms with van der Waals surface area (Å²) in [7, 11) is 0. The van der Waals surface area contributed by atoms with Gasteiger partial charge in [0.1, 0.15) is 0 Å². The number of fused-ring (bicyclic) bond motifs is 2. The van der Waals surface area contributed by atoms with Gasteiger partial charge >= 0.3 is 0 Å². The van der Waals surface area contributed by atoms with E-state index in [2.05, 4.69) is 20.8 Å². The minimum Gasteiger partial charge on any atom is -0.396 e. The van der Waals surface area contributed by atoms with Gasteiger partial charge in [-0.3, -0.25) is 0 Å². The van der Waals surface area contributed by atoms with E-state index in [1.54, 1.807) is 0 Å². The molecule has 5 aliphatic rings. The molecule has 0 bridgehead atoms. The van der Waals surface area contributed by atoms with Gasteiger partial charge in [-0.2, -0.15) is 0 Å². The normalized spacial score (nSPS) is 57.8. The van der Waals surface area contributed by atoms with Crippen LogP contribution in [-0.4, -0.2) is 41.9 Å². The fraction of sp³-hybridized carbons (Fsp3) is 1.00. The van der Waals surface area contributed by atoms with E-state index in [0.717, 1.165) is 19.3 Å². The highest BCUT2D eigenvalue weighted by Crippen LogP contribution is 2.79. The van der Waals surface area contributed by atoms with Crippen LogP contribution in [0.3, 0.4) is 0 Å². The molecule has 26 heavy (non-hydrogen) atoms. The van der Waals surface area contributed by atoms with E-state index < -0.39 is 5.79 Å². The second-order valence-electron chi connectivity index (χ2n) is 10.8. The van der Waals surface area contributed by atoms with Gasteiger partial charge in [-0.15, -0.1) is 0 Å². The Morgan fingerprint density at radius 1 is 1.08 bits per heavy atom. The third-order valence-corrected chi connectivity index (χ3v) is 9.99. The molecule has 0 aromatic carbocycles. The lowest BCUT2D eigenvalue weighted by Crippen LogP contribution is -2.77. The molecule has 0 radical (unpaired) electrons. The maximum absolute atomic E-state index is 11.0. The zero-order valence-corrected chi connectivity index (χ0v) is 16.7. The fourth-order valence-corrected chi connectivity index (χ4v) is 9.03. The van der Waals surface area contributed by atoms with Gasteiger partial charge in [0.05, 0.1) is 19.3 Å². The highest BCUT2D eigenvalue weighted by molar-refractivity contribution is 5.24. The number of ether oxygens (including phenoxy) is 2. The van der Waals surface area contributed by atoms with Crippen molar-refractivity contribution < 1.29 is 19.7 Å². The Bertz CT molecular complexity index is 587. The first-order valence-corrected chi connectivity index (χ1v) is 10.9. The molecule has 4 aliphatic carbocycles. The van der Waals surface area contributed by atoms with E-state index in [0.29, 0.717) is 31.0 Å². The Labute approximate surface area is 157 Å². The molecule has 5 rings (SSSR count). The van der Waals surface area contributed by atoms with Gasteiger partial charge in [0.2, 0.25) is 0 Å². The Hall–Kier alpha value is -0.160. The van der Waals surface area contributed by atoms with Gasteiger partial charge in [-0.05, 0) is 66.6 Å². The van der Waals surface area contributed by atoms with Crippen molar-refractivity contribution in [2.45, 2.75) is 77.6 Å². The highest BCUT2D eigenvalue weighted by Gasteiger charge is 2.78. The maximum Gasteiger partial charge on any atom is 0.176 e. The zero-order valence-electron chi connectivity index (χ0n) is 16.7. The van der Waals surface area contributed by atoms with Crippen molar-refractivity contribution >= 4 is 0 Å². The summed E-state index contributed by atoms with van der Waals surface area (Å²) in [5.74, 6) is 1.06. The van der Waals surface area contributed by atoms with Crippen molar-refractivity contribution in [3.8, 4) is 0 Å². The smallest absolute Gasteiger partial charge is 0.176 e. The van der Waals surface area contributed by atoms with Crippen molar-refractivity contribution in [3.05, 3.63) is 0 Å². The third kappa shape index (κ3) is 1.81. The van der Waals surface area contributed by atoms with Crippen LogP contribution in [0.4, 0.5) is 0 Å². The van der Waals surface area contributed by atoms with Crippen molar-refractivity contribution in [2.24, 2.45) is 39.9 Å². The lowest BCUT2D eigenvalue weighted by atomic mass is 9.29. The van der Waals surface area contributed by atoms with E-state index in [9.17, 15) is 10.2 Å². The summed E-state index contributed by atoms with van der Waals surface area (Å²) in [6, 6.07) is 0. The average molecular weight is 365 g/mol. The van der Waals surface area contributed by atoms with Gasteiger partial charge in [0.15, 0.2) is 5.79 Å². The number of aliphatic hydroxyl groups is 2. The molecule has 4 nitrogen and oxygen atoms in total. The molecule has 4 heteroatoms. The summed E-state index contributed by atoms with van der Waals surface area (Å²) in [6.07, 6.45) is 7.74. The Balaban J connectivity index is 1.63. The maximum atomic E-state index is 11.0. The van der Waals surface area contributed by atoms with Crippen LogP contribution in [0, 0.1) is 39.9 Å². The first kappa shape index (κ1) is 17.9. The molecule has 148 valence electrons. The zero-order chi connectivity index (χ0) is 18.4. The van der Waals surface area contributed by atoms with Crippen LogP contribution in [0.25, 0.3) is 0 Å². The molecular weight excluding hydrogens is 328 g/mol. The van der Waals surface area contributed by atoms with Crippen molar-refractivity contribution in [1.29, 1.82) is 0 Å². The van der Waals surface area contributed by atoms with E-state index in [1.165, 1.54) is 25.7 Å². The van der Waals surface area contributed by atoms with Crippen LogP contribution in [0.2, 0.25) is 0 Å². The minimum atomic E-state index is -0.577. The van der Waals surface area contributed by atoms with Crippen molar-refractivity contribution in [2.75, 3.05) is 19.8 Å². The van der Waals surface area contributed by atoms with E-state index in [4.69, 9.17) is 9.47 Å². The molecule has 5 fully saturated rings. The molecule has 1 aliphatic heterocycles. The third-order valence-electron chi connectivity index (χ3n) is 9.99. The number of hydrogen-bond donors (Lipinski definition) is 2. The molecular formula is C22H36O4.